The largest absolute Gasteiger partial charge is 0.376 e. The molecule has 3 heteroatoms. The Labute approximate surface area is 118 Å². The minimum atomic E-state index is -1.43. The molecule has 1 aliphatic rings. The van der Waals surface area contributed by atoms with E-state index in [1.54, 1.807) is 0 Å². The Hall–Kier alpha value is -0.643. The van der Waals surface area contributed by atoms with E-state index in [0.717, 1.165) is 19.4 Å². The molecule has 0 aliphatic carbocycles. The van der Waals surface area contributed by atoms with Gasteiger partial charge in [-0.1, -0.05) is 50.0 Å². The molecule has 1 saturated heterocycles. The molecule has 1 aromatic rings. The first-order valence-electron chi connectivity index (χ1n) is 7.23. The second-order valence-corrected chi connectivity index (χ2v) is 12.1. The second-order valence-electron chi connectivity index (χ2n) is 6.63. The van der Waals surface area contributed by atoms with Crippen LogP contribution in [0.3, 0.4) is 0 Å². The molecule has 0 bridgehead atoms. The van der Waals surface area contributed by atoms with Crippen LogP contribution in [0.4, 0.5) is 0 Å². The van der Waals surface area contributed by atoms with Gasteiger partial charge in [0.2, 0.25) is 0 Å². The fraction of sp³-hybridized carbons (Fsp3) is 0.625. The van der Waals surface area contributed by atoms with Crippen molar-refractivity contribution >= 4 is 8.07 Å². The lowest BCUT2D eigenvalue weighted by Gasteiger charge is -2.48. The number of rotatable bonds is 4. The van der Waals surface area contributed by atoms with E-state index in [-0.39, 0.29) is 11.3 Å². The van der Waals surface area contributed by atoms with Gasteiger partial charge in [-0.3, -0.25) is 0 Å². The van der Waals surface area contributed by atoms with Crippen molar-refractivity contribution < 1.29 is 9.47 Å². The molecule has 0 N–H and O–H groups in total. The quantitative estimate of drug-likeness (QED) is 0.775. The summed E-state index contributed by atoms with van der Waals surface area (Å²) in [5.74, 6) is 0. The van der Waals surface area contributed by atoms with Crippen molar-refractivity contribution in [3.63, 3.8) is 0 Å². The Bertz CT molecular complexity index is 399. The lowest BCUT2D eigenvalue weighted by Crippen LogP contribution is -2.62. The summed E-state index contributed by atoms with van der Waals surface area (Å²) in [6.45, 7) is 10.9. The molecular formula is C16H26O2Si. The van der Waals surface area contributed by atoms with Gasteiger partial charge in [0.15, 0.2) is 0 Å². The molecule has 0 saturated carbocycles. The highest BCUT2D eigenvalue weighted by Gasteiger charge is 2.48. The van der Waals surface area contributed by atoms with Crippen LogP contribution < -0.4 is 0 Å². The molecule has 1 aliphatic heterocycles. The van der Waals surface area contributed by atoms with Crippen LogP contribution in [0, 0.1) is 0 Å². The van der Waals surface area contributed by atoms with Gasteiger partial charge in [0.1, 0.15) is 0 Å². The Balaban J connectivity index is 2.05. The van der Waals surface area contributed by atoms with Crippen molar-refractivity contribution in [1.29, 1.82) is 0 Å². The first kappa shape index (κ1) is 14.8. The summed E-state index contributed by atoms with van der Waals surface area (Å²) in [6.07, 6.45) is 2.46. The average molecular weight is 278 g/mol. The summed E-state index contributed by atoms with van der Waals surface area (Å²) < 4.78 is 12.4. The molecule has 1 aromatic carbocycles. The van der Waals surface area contributed by atoms with E-state index in [0.29, 0.717) is 6.61 Å². The van der Waals surface area contributed by atoms with Gasteiger partial charge in [0.25, 0.3) is 0 Å². The summed E-state index contributed by atoms with van der Waals surface area (Å²) in [4.78, 5) is 0. The topological polar surface area (TPSA) is 18.5 Å². The minimum absolute atomic E-state index is 0.0694. The van der Waals surface area contributed by atoms with Crippen LogP contribution in [-0.2, 0) is 16.1 Å². The highest BCUT2D eigenvalue weighted by molar-refractivity contribution is 6.79. The second kappa shape index (κ2) is 5.78. The number of hydrogen-bond acceptors (Lipinski definition) is 2. The molecule has 19 heavy (non-hydrogen) atoms. The van der Waals surface area contributed by atoms with E-state index in [1.165, 1.54) is 5.56 Å². The zero-order valence-corrected chi connectivity index (χ0v) is 13.6. The molecule has 1 heterocycles. The molecule has 0 aromatic heterocycles. The van der Waals surface area contributed by atoms with Crippen LogP contribution >= 0.6 is 0 Å². The number of ether oxygens (including phenoxy) is 2. The lowest BCUT2D eigenvalue weighted by atomic mass is 10.1. The molecule has 2 nitrogen and oxygen atoms in total. The van der Waals surface area contributed by atoms with Crippen molar-refractivity contribution in [3.05, 3.63) is 35.9 Å². The summed E-state index contributed by atoms with van der Waals surface area (Å²) in [7, 11) is -1.43. The third-order valence-corrected chi connectivity index (χ3v) is 7.85. The third kappa shape index (κ3) is 3.27. The number of benzene rings is 1. The average Bonchev–Trinajstić information content (AvgIpc) is 2.38. The summed E-state index contributed by atoms with van der Waals surface area (Å²) in [5.41, 5.74) is 1.24. The molecule has 0 unspecified atom stereocenters. The zero-order valence-electron chi connectivity index (χ0n) is 12.6. The highest BCUT2D eigenvalue weighted by atomic mass is 28.3. The van der Waals surface area contributed by atoms with Gasteiger partial charge in [-0.05, 0) is 25.3 Å². The van der Waals surface area contributed by atoms with Gasteiger partial charge in [-0.2, -0.15) is 0 Å². The van der Waals surface area contributed by atoms with E-state index in [9.17, 15) is 0 Å². The van der Waals surface area contributed by atoms with Crippen molar-refractivity contribution in [2.45, 2.75) is 57.3 Å². The van der Waals surface area contributed by atoms with Gasteiger partial charge in [-0.15, -0.1) is 0 Å². The predicted octanol–water partition coefficient (Wildman–Crippen LogP) is 4.02. The van der Waals surface area contributed by atoms with Crippen molar-refractivity contribution in [2.24, 2.45) is 0 Å². The van der Waals surface area contributed by atoms with Gasteiger partial charge >= 0.3 is 0 Å². The standard InChI is InChI=1S/C16H26O2Si/c1-16(19(2,3)4)15(11-8-12-18-16)17-13-14-9-6-5-7-10-14/h5-7,9-10,15H,8,11-13H2,1-4H3/t15-,16-/m1/s1. The van der Waals surface area contributed by atoms with Crippen LogP contribution in [0.25, 0.3) is 0 Å². The fourth-order valence-corrected chi connectivity index (χ4v) is 4.36. The van der Waals surface area contributed by atoms with Gasteiger partial charge in [-0.25, -0.2) is 0 Å². The zero-order chi connectivity index (χ0) is 13.9. The predicted molar refractivity (Wildman–Crippen MR) is 82.0 cm³/mol. The number of hydrogen-bond donors (Lipinski definition) is 0. The maximum absolute atomic E-state index is 6.22. The Kier molecular flexibility index (Phi) is 4.49. The normalized spacial score (nSPS) is 28.3. The smallest absolute Gasteiger partial charge is 0.0854 e. The van der Waals surface area contributed by atoms with E-state index < -0.39 is 8.07 Å². The van der Waals surface area contributed by atoms with Crippen LogP contribution in [0.2, 0.25) is 19.6 Å². The van der Waals surface area contributed by atoms with Crippen LogP contribution in [0.1, 0.15) is 25.3 Å². The molecular weight excluding hydrogens is 252 g/mol. The van der Waals surface area contributed by atoms with E-state index in [4.69, 9.17) is 9.47 Å². The van der Waals surface area contributed by atoms with Crippen molar-refractivity contribution in [1.82, 2.24) is 0 Å². The Morgan fingerprint density at radius 2 is 1.95 bits per heavy atom. The Morgan fingerprint density at radius 3 is 2.58 bits per heavy atom. The third-order valence-electron chi connectivity index (χ3n) is 4.41. The maximum atomic E-state index is 6.22. The maximum Gasteiger partial charge on any atom is 0.0854 e. The van der Waals surface area contributed by atoms with E-state index >= 15 is 0 Å². The van der Waals surface area contributed by atoms with Crippen molar-refractivity contribution in [2.75, 3.05) is 6.61 Å². The highest BCUT2D eigenvalue weighted by Crippen LogP contribution is 2.36. The van der Waals surface area contributed by atoms with Gasteiger partial charge < -0.3 is 9.47 Å². The van der Waals surface area contributed by atoms with E-state index in [2.05, 4.69) is 50.8 Å². The lowest BCUT2D eigenvalue weighted by molar-refractivity contribution is -0.132. The fourth-order valence-electron chi connectivity index (χ4n) is 2.63. The first-order valence-corrected chi connectivity index (χ1v) is 10.7. The Morgan fingerprint density at radius 1 is 1.26 bits per heavy atom. The van der Waals surface area contributed by atoms with Gasteiger partial charge in [0.05, 0.1) is 26.0 Å². The van der Waals surface area contributed by atoms with Crippen LogP contribution in [0.5, 0.6) is 0 Å². The van der Waals surface area contributed by atoms with E-state index in [1.807, 2.05) is 6.07 Å². The SMILES string of the molecule is C[C@]1([Si](C)(C)C)OCCC[C@H]1OCc1ccccc1. The molecule has 106 valence electrons. The van der Waals surface area contributed by atoms with Crippen LogP contribution in [0.15, 0.2) is 30.3 Å². The molecule has 0 spiro atoms. The minimum Gasteiger partial charge on any atom is -0.376 e. The monoisotopic (exact) mass is 278 g/mol. The van der Waals surface area contributed by atoms with Crippen LogP contribution in [-0.4, -0.2) is 26.0 Å². The van der Waals surface area contributed by atoms with Crippen molar-refractivity contribution in [3.8, 4) is 0 Å². The summed E-state index contributed by atoms with van der Waals surface area (Å²) >= 11 is 0. The molecule has 1 fully saturated rings. The van der Waals surface area contributed by atoms with Gasteiger partial charge in [0, 0.05) is 6.61 Å². The molecule has 0 amide bonds. The first-order chi connectivity index (χ1) is 8.93. The summed E-state index contributed by atoms with van der Waals surface area (Å²) in [5, 5.41) is -0.0694. The summed E-state index contributed by atoms with van der Waals surface area (Å²) in [6, 6.07) is 10.4. The molecule has 2 atom stereocenters. The molecule has 0 radical (unpaired) electrons. The molecule has 2 rings (SSSR count).